The Morgan fingerprint density at radius 3 is 2.30 bits per heavy atom. The summed E-state index contributed by atoms with van der Waals surface area (Å²) in [6.07, 6.45) is 2.29. The molecule has 1 saturated carbocycles. The topological polar surface area (TPSA) is 29.3 Å². The summed E-state index contributed by atoms with van der Waals surface area (Å²) < 4.78 is 0. The van der Waals surface area contributed by atoms with E-state index in [9.17, 15) is 0 Å². The van der Waals surface area contributed by atoms with Gasteiger partial charge in [0.1, 0.15) is 0 Å². The average Bonchev–Trinajstić information content (AvgIpc) is 2.65. The van der Waals surface area contributed by atoms with Gasteiger partial charge in [-0.1, -0.05) is 19.1 Å². The number of hydrogen-bond acceptors (Lipinski definition) is 2. The monoisotopic (exact) mass is 158 g/mol. The van der Waals surface area contributed by atoms with Crippen molar-refractivity contribution in [3.05, 3.63) is 0 Å². The lowest BCUT2D eigenvalue weighted by Gasteiger charge is -2.24. The number of hydrogen-bond donors (Lipinski definition) is 1. The number of nitrogens with zero attached hydrogens (tertiary/aromatic N) is 1. The van der Waals surface area contributed by atoms with Crippen molar-refractivity contribution in [1.29, 1.82) is 0 Å². The number of nitrogens with two attached hydrogens (primary N) is 1. The summed E-state index contributed by atoms with van der Waals surface area (Å²) in [5.41, 5.74) is 5.70. The van der Waals surface area contributed by atoms with E-state index in [2.05, 4.69) is 18.9 Å². The smallest absolute Gasteiger partial charge is 0.0933 e. The Morgan fingerprint density at radius 1 is 1.70 bits per heavy atom. The number of rotatable bonds is 3. The molecule has 58 valence electrons. The standard InChI is InChI=1S/C7H14N2S/c1-3-9(2)7(4-5-7)6(8)10/h3-5H2,1-2H3,(H2,8,10). The zero-order chi connectivity index (χ0) is 7.78. The van der Waals surface area contributed by atoms with Crippen molar-refractivity contribution in [2.24, 2.45) is 5.73 Å². The summed E-state index contributed by atoms with van der Waals surface area (Å²) in [5, 5.41) is 0. The first-order chi connectivity index (χ1) is 4.63. The van der Waals surface area contributed by atoms with Crippen LogP contribution in [0.3, 0.4) is 0 Å². The Labute approximate surface area is 67.4 Å². The molecule has 0 bridgehead atoms. The minimum absolute atomic E-state index is 0.101. The molecular formula is C7H14N2S. The molecule has 0 spiro atoms. The van der Waals surface area contributed by atoms with Crippen LogP contribution in [0.4, 0.5) is 0 Å². The summed E-state index contributed by atoms with van der Waals surface area (Å²) in [6, 6.07) is 0. The van der Waals surface area contributed by atoms with Gasteiger partial charge in [-0.15, -0.1) is 0 Å². The summed E-state index contributed by atoms with van der Waals surface area (Å²) in [5.74, 6) is 0. The van der Waals surface area contributed by atoms with Crippen LogP contribution in [-0.2, 0) is 0 Å². The highest BCUT2D eigenvalue weighted by Crippen LogP contribution is 2.40. The third-order valence-corrected chi connectivity index (χ3v) is 2.77. The fourth-order valence-corrected chi connectivity index (χ4v) is 1.60. The van der Waals surface area contributed by atoms with Crippen molar-refractivity contribution in [2.75, 3.05) is 13.6 Å². The molecule has 1 fully saturated rings. The molecule has 1 rings (SSSR count). The Hall–Kier alpha value is -0.150. The summed E-state index contributed by atoms with van der Waals surface area (Å²) in [7, 11) is 2.08. The summed E-state index contributed by atoms with van der Waals surface area (Å²) >= 11 is 4.97. The van der Waals surface area contributed by atoms with Crippen molar-refractivity contribution in [3.63, 3.8) is 0 Å². The molecule has 0 atom stereocenters. The zero-order valence-electron chi connectivity index (χ0n) is 6.55. The van der Waals surface area contributed by atoms with Crippen LogP contribution >= 0.6 is 12.2 Å². The van der Waals surface area contributed by atoms with E-state index in [0.717, 1.165) is 19.4 Å². The molecule has 0 unspecified atom stereocenters. The lowest BCUT2D eigenvalue weighted by atomic mass is 10.2. The zero-order valence-corrected chi connectivity index (χ0v) is 7.37. The molecule has 0 radical (unpaired) electrons. The van der Waals surface area contributed by atoms with Crippen LogP contribution < -0.4 is 5.73 Å². The maximum absolute atomic E-state index is 5.60. The van der Waals surface area contributed by atoms with Gasteiger partial charge in [0, 0.05) is 0 Å². The molecule has 0 heterocycles. The second-order valence-corrected chi connectivity index (χ2v) is 3.35. The van der Waals surface area contributed by atoms with Gasteiger partial charge in [-0.25, -0.2) is 0 Å². The lowest BCUT2D eigenvalue weighted by molar-refractivity contribution is 0.297. The van der Waals surface area contributed by atoms with Gasteiger partial charge in [0.15, 0.2) is 0 Å². The molecule has 2 N–H and O–H groups in total. The molecule has 1 aliphatic carbocycles. The van der Waals surface area contributed by atoms with Gasteiger partial charge in [-0.2, -0.15) is 0 Å². The second kappa shape index (κ2) is 2.47. The fourth-order valence-electron chi connectivity index (χ4n) is 1.24. The van der Waals surface area contributed by atoms with E-state index in [0.29, 0.717) is 4.99 Å². The van der Waals surface area contributed by atoms with Gasteiger partial charge in [0.2, 0.25) is 0 Å². The first-order valence-corrected chi connectivity index (χ1v) is 4.05. The quantitative estimate of drug-likeness (QED) is 0.615. The molecule has 0 saturated heterocycles. The van der Waals surface area contributed by atoms with Gasteiger partial charge in [0.05, 0.1) is 10.5 Å². The van der Waals surface area contributed by atoms with Gasteiger partial charge in [0.25, 0.3) is 0 Å². The molecule has 0 aromatic heterocycles. The minimum Gasteiger partial charge on any atom is -0.392 e. The Bertz CT molecular complexity index is 152. The molecule has 0 aliphatic heterocycles. The van der Waals surface area contributed by atoms with Crippen molar-refractivity contribution in [2.45, 2.75) is 25.3 Å². The van der Waals surface area contributed by atoms with Crippen molar-refractivity contribution >= 4 is 17.2 Å². The van der Waals surface area contributed by atoms with Crippen molar-refractivity contribution < 1.29 is 0 Å². The van der Waals surface area contributed by atoms with Crippen LogP contribution in [0.1, 0.15) is 19.8 Å². The van der Waals surface area contributed by atoms with Gasteiger partial charge < -0.3 is 5.73 Å². The minimum atomic E-state index is 0.101. The first kappa shape index (κ1) is 7.95. The van der Waals surface area contributed by atoms with Gasteiger partial charge in [-0.3, -0.25) is 4.90 Å². The normalized spacial score (nSPS) is 21.1. The van der Waals surface area contributed by atoms with E-state index >= 15 is 0 Å². The SMILES string of the molecule is CCN(C)C1(C(N)=S)CC1. The second-order valence-electron chi connectivity index (χ2n) is 2.91. The van der Waals surface area contributed by atoms with Crippen LogP contribution in [0.25, 0.3) is 0 Å². The van der Waals surface area contributed by atoms with E-state index in [-0.39, 0.29) is 5.54 Å². The predicted octanol–water partition coefficient (Wildman–Crippen LogP) is 0.757. The molecule has 0 aromatic rings. The van der Waals surface area contributed by atoms with Crippen LogP contribution in [0, 0.1) is 0 Å². The summed E-state index contributed by atoms with van der Waals surface area (Å²) in [6.45, 7) is 3.15. The highest BCUT2D eigenvalue weighted by atomic mass is 32.1. The van der Waals surface area contributed by atoms with E-state index in [1.165, 1.54) is 0 Å². The average molecular weight is 158 g/mol. The van der Waals surface area contributed by atoms with Crippen LogP contribution in [0.5, 0.6) is 0 Å². The summed E-state index contributed by atoms with van der Waals surface area (Å²) in [4.78, 5) is 2.90. The predicted molar refractivity (Wildman–Crippen MR) is 47.1 cm³/mol. The molecule has 1 aliphatic rings. The van der Waals surface area contributed by atoms with Crippen LogP contribution in [-0.4, -0.2) is 29.0 Å². The van der Waals surface area contributed by atoms with E-state index in [4.69, 9.17) is 18.0 Å². The molecule has 3 heteroatoms. The van der Waals surface area contributed by atoms with Crippen LogP contribution in [0.15, 0.2) is 0 Å². The Morgan fingerprint density at radius 2 is 2.20 bits per heavy atom. The van der Waals surface area contributed by atoms with Gasteiger partial charge >= 0.3 is 0 Å². The first-order valence-electron chi connectivity index (χ1n) is 3.64. The Balaban J connectivity index is 2.60. The highest BCUT2D eigenvalue weighted by molar-refractivity contribution is 7.80. The lowest BCUT2D eigenvalue weighted by Crippen LogP contribution is -2.43. The Kier molecular flexibility index (Phi) is 1.97. The van der Waals surface area contributed by atoms with Gasteiger partial charge in [-0.05, 0) is 26.4 Å². The van der Waals surface area contributed by atoms with Crippen LogP contribution in [0.2, 0.25) is 0 Å². The number of thiocarbonyl (C=S) groups is 1. The van der Waals surface area contributed by atoms with Crippen molar-refractivity contribution in [3.8, 4) is 0 Å². The maximum atomic E-state index is 5.60. The third kappa shape index (κ3) is 1.04. The molecule has 0 amide bonds. The van der Waals surface area contributed by atoms with Crippen molar-refractivity contribution in [1.82, 2.24) is 4.90 Å². The largest absolute Gasteiger partial charge is 0.392 e. The van der Waals surface area contributed by atoms with E-state index < -0.39 is 0 Å². The fraction of sp³-hybridized carbons (Fsp3) is 0.857. The maximum Gasteiger partial charge on any atom is 0.0933 e. The highest BCUT2D eigenvalue weighted by Gasteiger charge is 2.48. The molecular weight excluding hydrogens is 144 g/mol. The van der Waals surface area contributed by atoms with E-state index in [1.807, 2.05) is 0 Å². The molecule has 2 nitrogen and oxygen atoms in total. The number of likely N-dealkylation sites (N-methyl/N-ethyl adjacent to an activating group) is 1. The molecule has 0 aromatic carbocycles. The third-order valence-electron chi connectivity index (χ3n) is 2.39. The van der Waals surface area contributed by atoms with E-state index in [1.54, 1.807) is 0 Å². The molecule has 10 heavy (non-hydrogen) atoms.